The van der Waals surface area contributed by atoms with Gasteiger partial charge in [0.1, 0.15) is 0 Å². The van der Waals surface area contributed by atoms with Crippen LogP contribution in [0.15, 0.2) is 12.4 Å². The molecule has 0 amide bonds. The lowest BCUT2D eigenvalue weighted by Gasteiger charge is -2.37. The first-order valence-electron chi connectivity index (χ1n) is 7.08. The summed E-state index contributed by atoms with van der Waals surface area (Å²) in [6.07, 6.45) is 10.5. The van der Waals surface area contributed by atoms with Crippen LogP contribution in [0.25, 0.3) is 0 Å². The number of aromatic nitrogens is 2. The highest BCUT2D eigenvalue weighted by molar-refractivity contribution is 5.04. The Hall–Kier alpha value is -0.870. The van der Waals surface area contributed by atoms with E-state index < -0.39 is 0 Å². The zero-order valence-corrected chi connectivity index (χ0v) is 11.7. The SMILES string of the molecule is CN(CCc1cnn(C)c1)C1CCCCC1CN. The van der Waals surface area contributed by atoms with Crippen molar-refractivity contribution >= 4 is 0 Å². The third-order valence-corrected chi connectivity index (χ3v) is 4.25. The molecule has 2 atom stereocenters. The molecule has 1 aliphatic carbocycles. The van der Waals surface area contributed by atoms with Crippen LogP contribution >= 0.6 is 0 Å². The standard InChI is InChI=1S/C14H26N4/c1-17(8-7-12-10-16-18(2)11-12)14-6-4-3-5-13(14)9-15/h10-11,13-14H,3-9,15H2,1-2H3. The fourth-order valence-corrected chi connectivity index (χ4v) is 3.12. The predicted octanol–water partition coefficient (Wildman–Crippen LogP) is 1.41. The molecule has 2 rings (SSSR count). The normalized spacial score (nSPS) is 24.7. The monoisotopic (exact) mass is 250 g/mol. The van der Waals surface area contributed by atoms with Crippen LogP contribution < -0.4 is 5.73 Å². The first kappa shape index (κ1) is 13.6. The summed E-state index contributed by atoms with van der Waals surface area (Å²) in [6.45, 7) is 1.94. The Bertz CT molecular complexity index is 360. The first-order valence-corrected chi connectivity index (χ1v) is 7.08. The fraction of sp³-hybridized carbons (Fsp3) is 0.786. The van der Waals surface area contributed by atoms with Gasteiger partial charge >= 0.3 is 0 Å². The van der Waals surface area contributed by atoms with Crippen molar-refractivity contribution in [1.29, 1.82) is 0 Å². The van der Waals surface area contributed by atoms with Gasteiger partial charge in [-0.1, -0.05) is 12.8 Å². The van der Waals surface area contributed by atoms with Crippen molar-refractivity contribution in [2.45, 2.75) is 38.1 Å². The zero-order valence-electron chi connectivity index (χ0n) is 11.7. The van der Waals surface area contributed by atoms with Gasteiger partial charge in [0.05, 0.1) is 6.20 Å². The second-order valence-electron chi connectivity index (χ2n) is 5.60. The summed E-state index contributed by atoms with van der Waals surface area (Å²) < 4.78 is 1.87. The lowest BCUT2D eigenvalue weighted by molar-refractivity contribution is 0.135. The summed E-state index contributed by atoms with van der Waals surface area (Å²) in [6, 6.07) is 0.681. The van der Waals surface area contributed by atoms with Gasteiger partial charge in [-0.05, 0) is 44.3 Å². The molecule has 0 aromatic carbocycles. The highest BCUT2D eigenvalue weighted by atomic mass is 15.2. The third-order valence-electron chi connectivity index (χ3n) is 4.25. The highest BCUT2D eigenvalue weighted by Crippen LogP contribution is 2.27. The molecule has 18 heavy (non-hydrogen) atoms. The van der Waals surface area contributed by atoms with Crippen LogP contribution in [-0.2, 0) is 13.5 Å². The zero-order chi connectivity index (χ0) is 13.0. The van der Waals surface area contributed by atoms with E-state index in [2.05, 4.69) is 23.2 Å². The van der Waals surface area contributed by atoms with Gasteiger partial charge in [-0.2, -0.15) is 5.10 Å². The van der Waals surface area contributed by atoms with Crippen molar-refractivity contribution in [2.24, 2.45) is 18.7 Å². The molecular formula is C14H26N4. The van der Waals surface area contributed by atoms with Crippen molar-refractivity contribution in [3.05, 3.63) is 18.0 Å². The highest BCUT2D eigenvalue weighted by Gasteiger charge is 2.26. The van der Waals surface area contributed by atoms with E-state index in [-0.39, 0.29) is 0 Å². The van der Waals surface area contributed by atoms with E-state index in [0.29, 0.717) is 12.0 Å². The molecule has 1 aromatic heterocycles. The molecule has 2 unspecified atom stereocenters. The molecule has 0 spiro atoms. The summed E-state index contributed by atoms with van der Waals surface area (Å²) in [5.41, 5.74) is 7.23. The minimum atomic E-state index is 0.681. The van der Waals surface area contributed by atoms with Gasteiger partial charge in [0.25, 0.3) is 0 Å². The van der Waals surface area contributed by atoms with Crippen LogP contribution in [-0.4, -0.2) is 40.9 Å². The maximum atomic E-state index is 5.90. The Morgan fingerprint density at radius 2 is 2.22 bits per heavy atom. The minimum absolute atomic E-state index is 0.681. The van der Waals surface area contributed by atoms with Crippen molar-refractivity contribution in [1.82, 2.24) is 14.7 Å². The summed E-state index contributed by atoms with van der Waals surface area (Å²) in [4.78, 5) is 2.50. The average molecular weight is 250 g/mol. The maximum Gasteiger partial charge on any atom is 0.0522 e. The van der Waals surface area contributed by atoms with Crippen molar-refractivity contribution in [3.8, 4) is 0 Å². The van der Waals surface area contributed by atoms with E-state index in [4.69, 9.17) is 5.73 Å². The molecule has 102 valence electrons. The molecule has 4 nitrogen and oxygen atoms in total. The van der Waals surface area contributed by atoms with Gasteiger partial charge in [0.15, 0.2) is 0 Å². The van der Waals surface area contributed by atoms with Crippen molar-refractivity contribution < 1.29 is 0 Å². The van der Waals surface area contributed by atoms with E-state index in [1.807, 2.05) is 17.9 Å². The predicted molar refractivity (Wildman–Crippen MR) is 74.3 cm³/mol. The van der Waals surface area contributed by atoms with Crippen molar-refractivity contribution in [3.63, 3.8) is 0 Å². The van der Waals surface area contributed by atoms with E-state index in [0.717, 1.165) is 19.5 Å². The summed E-state index contributed by atoms with van der Waals surface area (Å²) in [5.74, 6) is 0.692. The molecule has 1 aliphatic rings. The Balaban J connectivity index is 1.84. The topological polar surface area (TPSA) is 47.1 Å². The van der Waals surface area contributed by atoms with E-state index in [9.17, 15) is 0 Å². The van der Waals surface area contributed by atoms with Gasteiger partial charge in [0.2, 0.25) is 0 Å². The number of hydrogen-bond donors (Lipinski definition) is 1. The Labute approximate surface area is 110 Å². The summed E-state index contributed by atoms with van der Waals surface area (Å²) in [5, 5.41) is 4.22. The minimum Gasteiger partial charge on any atom is -0.330 e. The lowest BCUT2D eigenvalue weighted by atomic mass is 9.83. The number of nitrogens with zero attached hydrogens (tertiary/aromatic N) is 3. The molecule has 0 saturated heterocycles. The van der Waals surface area contributed by atoms with Gasteiger partial charge in [-0.3, -0.25) is 4.68 Å². The number of rotatable bonds is 5. The molecule has 1 saturated carbocycles. The molecule has 4 heteroatoms. The third kappa shape index (κ3) is 3.33. The van der Waals surface area contributed by atoms with Crippen LogP contribution in [0.2, 0.25) is 0 Å². The van der Waals surface area contributed by atoms with E-state index in [1.54, 1.807) is 0 Å². The summed E-state index contributed by atoms with van der Waals surface area (Å²) >= 11 is 0. The maximum absolute atomic E-state index is 5.90. The van der Waals surface area contributed by atoms with Gasteiger partial charge in [0, 0.05) is 25.8 Å². The molecular weight excluding hydrogens is 224 g/mol. The first-order chi connectivity index (χ1) is 8.70. The van der Waals surface area contributed by atoms with Crippen LogP contribution in [0.3, 0.4) is 0 Å². The molecule has 1 aromatic rings. The van der Waals surface area contributed by atoms with E-state index in [1.165, 1.54) is 31.2 Å². The number of nitrogens with two attached hydrogens (primary N) is 1. The Morgan fingerprint density at radius 1 is 1.44 bits per heavy atom. The largest absolute Gasteiger partial charge is 0.330 e. The van der Waals surface area contributed by atoms with Crippen molar-refractivity contribution in [2.75, 3.05) is 20.1 Å². The number of hydrogen-bond acceptors (Lipinski definition) is 3. The average Bonchev–Trinajstić information content (AvgIpc) is 2.81. The van der Waals surface area contributed by atoms with Crippen LogP contribution in [0.1, 0.15) is 31.2 Å². The number of likely N-dealkylation sites (N-methyl/N-ethyl adjacent to an activating group) is 1. The van der Waals surface area contributed by atoms with Crippen LogP contribution in [0, 0.1) is 5.92 Å². The van der Waals surface area contributed by atoms with Crippen LogP contribution in [0.5, 0.6) is 0 Å². The smallest absolute Gasteiger partial charge is 0.0522 e. The van der Waals surface area contributed by atoms with Gasteiger partial charge in [-0.25, -0.2) is 0 Å². The van der Waals surface area contributed by atoms with Gasteiger partial charge in [-0.15, -0.1) is 0 Å². The molecule has 0 bridgehead atoms. The van der Waals surface area contributed by atoms with Gasteiger partial charge < -0.3 is 10.6 Å². The second kappa shape index (κ2) is 6.34. The molecule has 1 fully saturated rings. The number of aryl methyl sites for hydroxylation is 1. The Kier molecular flexibility index (Phi) is 4.78. The quantitative estimate of drug-likeness (QED) is 0.859. The molecule has 2 N–H and O–H groups in total. The fourth-order valence-electron chi connectivity index (χ4n) is 3.12. The van der Waals surface area contributed by atoms with E-state index >= 15 is 0 Å². The lowest BCUT2D eigenvalue weighted by Crippen LogP contribution is -2.43. The summed E-state index contributed by atoms with van der Waals surface area (Å²) in [7, 11) is 4.22. The molecule has 0 aliphatic heterocycles. The second-order valence-corrected chi connectivity index (χ2v) is 5.60. The molecule has 0 radical (unpaired) electrons. The molecule has 1 heterocycles. The van der Waals surface area contributed by atoms with Crippen LogP contribution in [0.4, 0.5) is 0 Å². The Morgan fingerprint density at radius 3 is 2.89 bits per heavy atom.